The number of anilines is 2. The highest BCUT2D eigenvalue weighted by Crippen LogP contribution is 2.37. The number of hydrogen-bond donors (Lipinski definition) is 1. The van der Waals surface area contributed by atoms with Crippen LogP contribution in [0.25, 0.3) is 0 Å². The van der Waals surface area contributed by atoms with Crippen LogP contribution in [0.3, 0.4) is 0 Å². The van der Waals surface area contributed by atoms with E-state index in [1.54, 1.807) is 26.2 Å². The second-order valence-electron chi connectivity index (χ2n) is 7.03. The minimum Gasteiger partial charge on any atom is -0.497 e. The van der Waals surface area contributed by atoms with Crippen LogP contribution in [0.1, 0.15) is 11.6 Å². The monoisotopic (exact) mass is 416 g/mol. The largest absolute Gasteiger partial charge is 0.497 e. The fourth-order valence-corrected chi connectivity index (χ4v) is 3.58. The van der Waals surface area contributed by atoms with Crippen molar-refractivity contribution in [1.82, 2.24) is 0 Å². The van der Waals surface area contributed by atoms with Crippen LogP contribution in [0.2, 0.25) is 0 Å². The van der Waals surface area contributed by atoms with E-state index in [-0.39, 0.29) is 11.9 Å². The van der Waals surface area contributed by atoms with Gasteiger partial charge < -0.3 is 19.5 Å². The Morgan fingerprint density at radius 3 is 2.00 bits per heavy atom. The summed E-state index contributed by atoms with van der Waals surface area (Å²) in [5.41, 5.74) is 3.05. The van der Waals surface area contributed by atoms with Crippen molar-refractivity contribution in [3.8, 4) is 17.2 Å². The van der Waals surface area contributed by atoms with Gasteiger partial charge in [-0.25, -0.2) is 0 Å². The Morgan fingerprint density at radius 2 is 1.39 bits per heavy atom. The van der Waals surface area contributed by atoms with Gasteiger partial charge in [-0.05, 0) is 72.3 Å². The molecule has 1 heterocycles. The first kappa shape index (κ1) is 20.3. The maximum absolute atomic E-state index is 13.4. The van der Waals surface area contributed by atoms with Crippen LogP contribution >= 0.6 is 0 Å². The molecule has 1 amide bonds. The Labute approximate surface area is 181 Å². The third kappa shape index (κ3) is 4.19. The molecule has 1 N–H and O–H groups in total. The molecule has 6 heteroatoms. The summed E-state index contributed by atoms with van der Waals surface area (Å²) in [5, 5.41) is 3.25. The molecule has 3 aromatic rings. The number of nitrogens with one attached hydrogen (secondary N) is 1. The zero-order valence-corrected chi connectivity index (χ0v) is 17.7. The zero-order valence-electron chi connectivity index (χ0n) is 17.7. The number of carbonyl (C=O) groups is 1. The lowest BCUT2D eigenvalue weighted by Crippen LogP contribution is -2.30. The highest BCUT2D eigenvalue weighted by atomic mass is 16.5. The molecule has 3 aromatic carbocycles. The highest BCUT2D eigenvalue weighted by molar-refractivity contribution is 6.11. The Balaban J connectivity index is 1.70. The third-order valence-electron chi connectivity index (χ3n) is 5.21. The van der Waals surface area contributed by atoms with Crippen molar-refractivity contribution < 1.29 is 19.0 Å². The van der Waals surface area contributed by atoms with Gasteiger partial charge in [-0.2, -0.15) is 0 Å². The standard InChI is InChI=1S/C25H24N2O4/c1-29-20-11-7-18(8-12-20)26-23-16-24(17-5-4-6-22(15-17)31-3)27(25(23)28)19-9-13-21(30-2)14-10-19/h4-16,24,26H,1-3H3/t24-/m1/s1. The van der Waals surface area contributed by atoms with Crippen LogP contribution in [0, 0.1) is 0 Å². The van der Waals surface area contributed by atoms with E-state index in [0.29, 0.717) is 5.70 Å². The predicted molar refractivity (Wildman–Crippen MR) is 121 cm³/mol. The van der Waals surface area contributed by atoms with Crippen molar-refractivity contribution in [3.05, 3.63) is 90.1 Å². The Morgan fingerprint density at radius 1 is 0.774 bits per heavy atom. The second-order valence-corrected chi connectivity index (χ2v) is 7.03. The van der Waals surface area contributed by atoms with E-state index in [0.717, 1.165) is 34.2 Å². The smallest absolute Gasteiger partial charge is 0.275 e. The van der Waals surface area contributed by atoms with Crippen LogP contribution in [-0.2, 0) is 4.79 Å². The van der Waals surface area contributed by atoms with Crippen molar-refractivity contribution in [3.63, 3.8) is 0 Å². The molecule has 1 aliphatic heterocycles. The van der Waals surface area contributed by atoms with Crippen molar-refractivity contribution in [2.75, 3.05) is 31.5 Å². The summed E-state index contributed by atoms with van der Waals surface area (Å²) in [5.74, 6) is 2.11. The van der Waals surface area contributed by atoms with E-state index in [1.807, 2.05) is 78.9 Å². The van der Waals surface area contributed by atoms with Crippen molar-refractivity contribution in [2.45, 2.75) is 6.04 Å². The fourth-order valence-electron chi connectivity index (χ4n) is 3.58. The number of nitrogens with zero attached hydrogens (tertiary/aromatic N) is 1. The summed E-state index contributed by atoms with van der Waals surface area (Å²) in [6, 6.07) is 22.4. The Kier molecular flexibility index (Phi) is 5.80. The van der Waals surface area contributed by atoms with Crippen molar-refractivity contribution >= 4 is 17.3 Å². The lowest BCUT2D eigenvalue weighted by molar-refractivity contribution is -0.114. The number of amides is 1. The number of benzene rings is 3. The lowest BCUT2D eigenvalue weighted by Gasteiger charge is -2.25. The van der Waals surface area contributed by atoms with Crippen LogP contribution in [0.5, 0.6) is 17.2 Å². The van der Waals surface area contributed by atoms with E-state index in [1.165, 1.54) is 0 Å². The molecule has 0 aromatic heterocycles. The first-order valence-corrected chi connectivity index (χ1v) is 9.87. The molecule has 31 heavy (non-hydrogen) atoms. The van der Waals surface area contributed by atoms with E-state index >= 15 is 0 Å². The maximum atomic E-state index is 13.4. The minimum atomic E-state index is -0.281. The van der Waals surface area contributed by atoms with E-state index in [2.05, 4.69) is 5.32 Å². The summed E-state index contributed by atoms with van der Waals surface area (Å²) < 4.78 is 15.9. The van der Waals surface area contributed by atoms with Gasteiger partial charge in [0.25, 0.3) is 5.91 Å². The zero-order chi connectivity index (χ0) is 21.8. The molecule has 1 atom stereocenters. The molecule has 0 unspecified atom stereocenters. The number of ether oxygens (including phenoxy) is 3. The molecule has 158 valence electrons. The number of hydrogen-bond acceptors (Lipinski definition) is 5. The molecule has 0 spiro atoms. The minimum absolute atomic E-state index is 0.117. The molecule has 6 nitrogen and oxygen atoms in total. The van der Waals surface area contributed by atoms with Crippen molar-refractivity contribution in [1.29, 1.82) is 0 Å². The highest BCUT2D eigenvalue weighted by Gasteiger charge is 2.35. The molecular formula is C25H24N2O4. The summed E-state index contributed by atoms with van der Waals surface area (Å²) in [6.45, 7) is 0. The van der Waals surface area contributed by atoms with Gasteiger partial charge >= 0.3 is 0 Å². The van der Waals surface area contributed by atoms with Crippen LogP contribution < -0.4 is 24.4 Å². The SMILES string of the molecule is COc1ccc(NC2=C[C@H](c3cccc(OC)c3)N(c3ccc(OC)cc3)C2=O)cc1. The number of carbonyl (C=O) groups excluding carboxylic acids is 1. The Bertz CT molecular complexity index is 1090. The molecule has 0 fully saturated rings. The van der Waals surface area contributed by atoms with Gasteiger partial charge in [-0.3, -0.25) is 9.69 Å². The molecule has 0 bridgehead atoms. The van der Waals surface area contributed by atoms with Crippen molar-refractivity contribution in [2.24, 2.45) is 0 Å². The second kappa shape index (κ2) is 8.83. The Hall–Kier alpha value is -3.93. The van der Waals surface area contributed by atoms with E-state index in [9.17, 15) is 4.79 Å². The third-order valence-corrected chi connectivity index (χ3v) is 5.21. The van der Waals surface area contributed by atoms with Gasteiger partial charge in [-0.15, -0.1) is 0 Å². The fraction of sp³-hybridized carbons (Fsp3) is 0.160. The topological polar surface area (TPSA) is 60.0 Å². The predicted octanol–water partition coefficient (Wildman–Crippen LogP) is 4.80. The molecule has 0 radical (unpaired) electrons. The molecule has 0 saturated heterocycles. The first-order chi connectivity index (χ1) is 15.1. The van der Waals surface area contributed by atoms with Crippen LogP contribution in [-0.4, -0.2) is 27.2 Å². The van der Waals surface area contributed by atoms with Gasteiger partial charge in [0, 0.05) is 11.4 Å². The summed E-state index contributed by atoms with van der Waals surface area (Å²) >= 11 is 0. The average Bonchev–Trinajstić information content (AvgIpc) is 3.15. The van der Waals surface area contributed by atoms with Crippen LogP contribution in [0.15, 0.2) is 84.6 Å². The van der Waals surface area contributed by atoms with Gasteiger partial charge in [0.05, 0.1) is 27.4 Å². The average molecular weight is 416 g/mol. The normalized spacial score (nSPS) is 15.5. The quantitative estimate of drug-likeness (QED) is 0.600. The van der Waals surface area contributed by atoms with E-state index in [4.69, 9.17) is 14.2 Å². The number of rotatable bonds is 7. The first-order valence-electron chi connectivity index (χ1n) is 9.87. The summed E-state index contributed by atoms with van der Waals surface area (Å²) in [6.07, 6.45) is 1.94. The molecule has 0 saturated carbocycles. The van der Waals surface area contributed by atoms with Gasteiger partial charge in [0.15, 0.2) is 0 Å². The molecule has 4 rings (SSSR count). The van der Waals surface area contributed by atoms with Gasteiger partial charge in [0.1, 0.15) is 22.9 Å². The van der Waals surface area contributed by atoms with Gasteiger partial charge in [0.2, 0.25) is 0 Å². The maximum Gasteiger partial charge on any atom is 0.275 e. The number of methoxy groups -OCH3 is 3. The lowest BCUT2D eigenvalue weighted by atomic mass is 10.1. The summed E-state index contributed by atoms with van der Waals surface area (Å²) in [7, 11) is 4.87. The van der Waals surface area contributed by atoms with Crippen LogP contribution in [0.4, 0.5) is 11.4 Å². The summed E-state index contributed by atoms with van der Waals surface area (Å²) in [4.78, 5) is 15.2. The molecular weight excluding hydrogens is 392 g/mol. The molecule has 1 aliphatic rings. The molecule has 0 aliphatic carbocycles. The van der Waals surface area contributed by atoms with Gasteiger partial charge in [-0.1, -0.05) is 12.1 Å². The van der Waals surface area contributed by atoms with E-state index < -0.39 is 0 Å².